The second-order valence-electron chi connectivity index (χ2n) is 4.90. The fraction of sp³-hybridized carbons (Fsp3) is 0.200. The molecule has 0 saturated heterocycles. The van der Waals surface area contributed by atoms with Crippen LogP contribution in [0.2, 0.25) is 5.02 Å². The van der Waals surface area contributed by atoms with E-state index in [4.69, 9.17) is 11.6 Å². The molecule has 0 atom stereocenters. The van der Waals surface area contributed by atoms with Crippen molar-refractivity contribution in [2.45, 2.75) is 20.4 Å². The number of H-pyrrole nitrogens is 1. The van der Waals surface area contributed by atoms with Crippen molar-refractivity contribution in [2.24, 2.45) is 0 Å². The Labute approximate surface area is 131 Å². The van der Waals surface area contributed by atoms with E-state index >= 15 is 0 Å². The molecule has 0 aliphatic heterocycles. The number of carbonyl (C=O) groups excluding carboxylic acids is 1. The molecule has 0 saturated carbocycles. The minimum absolute atomic E-state index is 0.0503. The smallest absolute Gasteiger partial charge is 0.217 e. The number of fused-ring (bicyclic) bond motifs is 1. The highest BCUT2D eigenvalue weighted by atomic mass is 35.5. The van der Waals surface area contributed by atoms with Crippen molar-refractivity contribution >= 4 is 39.7 Å². The summed E-state index contributed by atoms with van der Waals surface area (Å²) in [6.07, 6.45) is 1.84. The number of amides is 1. The van der Waals surface area contributed by atoms with Crippen LogP contribution in [0.3, 0.4) is 0 Å². The van der Waals surface area contributed by atoms with E-state index in [0.29, 0.717) is 11.6 Å². The molecule has 2 aromatic heterocycles. The normalized spacial score (nSPS) is 11.0. The molecule has 108 valence electrons. The summed E-state index contributed by atoms with van der Waals surface area (Å²) in [5.74, 6) is -0.0503. The van der Waals surface area contributed by atoms with Crippen LogP contribution < -0.4 is 5.32 Å². The van der Waals surface area contributed by atoms with Crippen LogP contribution in [0.15, 0.2) is 24.4 Å². The number of hydrogen-bond acceptors (Lipinski definition) is 3. The zero-order chi connectivity index (χ0) is 15.0. The number of benzene rings is 1. The molecule has 3 rings (SSSR count). The Kier molecular flexibility index (Phi) is 3.69. The topological polar surface area (TPSA) is 57.8 Å². The summed E-state index contributed by atoms with van der Waals surface area (Å²) in [6, 6.07) is 5.93. The molecule has 21 heavy (non-hydrogen) atoms. The summed E-state index contributed by atoms with van der Waals surface area (Å²) >= 11 is 7.98. The van der Waals surface area contributed by atoms with Gasteiger partial charge in [-0.1, -0.05) is 11.6 Å². The average molecular weight is 320 g/mol. The quantitative estimate of drug-likeness (QED) is 0.769. The van der Waals surface area contributed by atoms with Crippen LogP contribution in [-0.2, 0) is 11.3 Å². The van der Waals surface area contributed by atoms with Crippen LogP contribution in [0.1, 0.15) is 17.5 Å². The van der Waals surface area contributed by atoms with Gasteiger partial charge >= 0.3 is 0 Å². The molecule has 6 heteroatoms. The lowest BCUT2D eigenvalue weighted by molar-refractivity contribution is -0.119. The Bertz CT molecular complexity index is 822. The zero-order valence-electron chi connectivity index (χ0n) is 11.7. The molecule has 1 amide bonds. The number of aryl methyl sites for hydroxylation is 1. The Hall–Kier alpha value is -1.85. The number of nitrogens with zero attached hydrogens (tertiary/aromatic N) is 1. The van der Waals surface area contributed by atoms with Gasteiger partial charge < -0.3 is 10.3 Å². The maximum Gasteiger partial charge on any atom is 0.217 e. The molecule has 0 spiro atoms. The van der Waals surface area contributed by atoms with Gasteiger partial charge in [0.2, 0.25) is 5.91 Å². The van der Waals surface area contributed by atoms with Gasteiger partial charge in [0.05, 0.1) is 11.6 Å². The van der Waals surface area contributed by atoms with Gasteiger partial charge in [0, 0.05) is 40.2 Å². The number of aromatic nitrogens is 2. The first-order valence-electron chi connectivity index (χ1n) is 6.51. The van der Waals surface area contributed by atoms with E-state index in [1.807, 2.05) is 31.3 Å². The van der Waals surface area contributed by atoms with Crippen LogP contribution in [-0.4, -0.2) is 15.9 Å². The van der Waals surface area contributed by atoms with E-state index in [-0.39, 0.29) is 5.91 Å². The molecule has 0 radical (unpaired) electrons. The SMILES string of the molecule is CC(=O)NCc1cc2cc(Cl)c(-c3ncc(C)s3)cc2[nH]1. The number of nitrogens with one attached hydrogen (secondary N) is 2. The summed E-state index contributed by atoms with van der Waals surface area (Å²) in [6.45, 7) is 4.00. The van der Waals surface area contributed by atoms with Crippen molar-refractivity contribution in [1.29, 1.82) is 0 Å². The van der Waals surface area contributed by atoms with Gasteiger partial charge in [0.1, 0.15) is 5.01 Å². The molecule has 0 fully saturated rings. The molecule has 0 aliphatic rings. The van der Waals surface area contributed by atoms with Crippen molar-refractivity contribution < 1.29 is 4.79 Å². The lowest BCUT2D eigenvalue weighted by Crippen LogP contribution is -2.18. The summed E-state index contributed by atoms with van der Waals surface area (Å²) in [4.78, 5) is 19.8. The van der Waals surface area contributed by atoms with Gasteiger partial charge in [-0.2, -0.15) is 0 Å². The standard InChI is InChI=1S/C15H14ClN3OS/c1-8-6-18-15(21-8)12-5-14-10(4-13(12)16)3-11(19-14)7-17-9(2)20/h3-6,19H,7H2,1-2H3,(H,17,20). The van der Waals surface area contributed by atoms with Crippen molar-refractivity contribution in [3.05, 3.63) is 40.0 Å². The summed E-state index contributed by atoms with van der Waals surface area (Å²) in [7, 11) is 0. The van der Waals surface area contributed by atoms with Crippen LogP contribution >= 0.6 is 22.9 Å². The van der Waals surface area contributed by atoms with E-state index in [9.17, 15) is 4.79 Å². The average Bonchev–Trinajstić information content (AvgIpc) is 3.01. The van der Waals surface area contributed by atoms with Gasteiger partial charge in [-0.3, -0.25) is 4.79 Å². The number of thiazole rings is 1. The van der Waals surface area contributed by atoms with E-state index in [1.165, 1.54) is 6.92 Å². The molecule has 2 heterocycles. The predicted molar refractivity (Wildman–Crippen MR) is 86.7 cm³/mol. The Morgan fingerprint density at radius 3 is 2.90 bits per heavy atom. The second kappa shape index (κ2) is 5.50. The van der Waals surface area contributed by atoms with Crippen LogP contribution in [0.25, 0.3) is 21.5 Å². The third kappa shape index (κ3) is 2.94. The Morgan fingerprint density at radius 1 is 1.43 bits per heavy atom. The monoisotopic (exact) mass is 319 g/mol. The van der Waals surface area contributed by atoms with E-state index in [1.54, 1.807) is 11.3 Å². The first-order valence-corrected chi connectivity index (χ1v) is 7.71. The molecule has 0 bridgehead atoms. The van der Waals surface area contributed by atoms with Crippen LogP contribution in [0.4, 0.5) is 0 Å². The van der Waals surface area contributed by atoms with Crippen molar-refractivity contribution in [1.82, 2.24) is 15.3 Å². The zero-order valence-corrected chi connectivity index (χ0v) is 13.2. The fourth-order valence-corrected chi connectivity index (χ4v) is 3.28. The first-order chi connectivity index (χ1) is 10.0. The maximum atomic E-state index is 11.0. The van der Waals surface area contributed by atoms with Gasteiger partial charge in [0.15, 0.2) is 0 Å². The summed E-state index contributed by atoms with van der Waals surface area (Å²) in [5, 5.41) is 5.40. The summed E-state index contributed by atoms with van der Waals surface area (Å²) < 4.78 is 0. The number of hydrogen-bond donors (Lipinski definition) is 2. The molecule has 0 unspecified atom stereocenters. The molecular formula is C15H14ClN3OS. The minimum atomic E-state index is -0.0503. The third-order valence-corrected chi connectivity index (χ3v) is 4.40. The Morgan fingerprint density at radius 2 is 2.24 bits per heavy atom. The number of aromatic amines is 1. The highest BCUT2D eigenvalue weighted by Crippen LogP contribution is 2.34. The van der Waals surface area contributed by atoms with Crippen molar-refractivity contribution in [2.75, 3.05) is 0 Å². The number of halogens is 1. The van der Waals surface area contributed by atoms with Gasteiger partial charge in [-0.05, 0) is 25.1 Å². The van der Waals surface area contributed by atoms with E-state index < -0.39 is 0 Å². The van der Waals surface area contributed by atoms with E-state index in [2.05, 4.69) is 15.3 Å². The highest BCUT2D eigenvalue weighted by molar-refractivity contribution is 7.15. The number of carbonyl (C=O) groups is 1. The maximum absolute atomic E-state index is 11.0. The summed E-state index contributed by atoms with van der Waals surface area (Å²) in [5.41, 5.74) is 2.86. The Balaban J connectivity index is 2.00. The molecule has 0 aliphatic carbocycles. The lowest BCUT2D eigenvalue weighted by Gasteiger charge is -2.01. The highest BCUT2D eigenvalue weighted by Gasteiger charge is 2.11. The fourth-order valence-electron chi connectivity index (χ4n) is 2.17. The van der Waals surface area contributed by atoms with Gasteiger partial charge in [-0.25, -0.2) is 4.98 Å². The first kappa shape index (κ1) is 14.1. The van der Waals surface area contributed by atoms with Crippen LogP contribution in [0.5, 0.6) is 0 Å². The lowest BCUT2D eigenvalue weighted by atomic mass is 10.1. The molecule has 2 N–H and O–H groups in total. The van der Waals surface area contributed by atoms with Gasteiger partial charge in [0.25, 0.3) is 0 Å². The predicted octanol–water partition coefficient (Wildman–Crippen LogP) is 3.89. The van der Waals surface area contributed by atoms with E-state index in [0.717, 1.165) is 32.0 Å². The largest absolute Gasteiger partial charge is 0.357 e. The number of rotatable bonds is 3. The molecule has 4 nitrogen and oxygen atoms in total. The molecule has 1 aromatic carbocycles. The van der Waals surface area contributed by atoms with Crippen molar-refractivity contribution in [3.8, 4) is 10.6 Å². The second-order valence-corrected chi connectivity index (χ2v) is 6.54. The minimum Gasteiger partial charge on any atom is -0.357 e. The molecular weight excluding hydrogens is 306 g/mol. The van der Waals surface area contributed by atoms with Crippen molar-refractivity contribution in [3.63, 3.8) is 0 Å². The third-order valence-electron chi connectivity index (χ3n) is 3.14. The molecule has 3 aromatic rings. The van der Waals surface area contributed by atoms with Crippen LogP contribution in [0, 0.1) is 6.92 Å². The van der Waals surface area contributed by atoms with Gasteiger partial charge in [-0.15, -0.1) is 11.3 Å².